The van der Waals surface area contributed by atoms with Gasteiger partial charge in [-0.2, -0.15) is 15.0 Å². The van der Waals surface area contributed by atoms with E-state index in [2.05, 4.69) is 33.3 Å². The first-order chi connectivity index (χ1) is 15.1. The fourth-order valence-electron chi connectivity index (χ4n) is 4.15. The van der Waals surface area contributed by atoms with E-state index in [9.17, 15) is 0 Å². The third-order valence-corrected chi connectivity index (χ3v) is 5.69. The van der Waals surface area contributed by atoms with Gasteiger partial charge in [-0.25, -0.2) is 0 Å². The largest absolute Gasteiger partial charge is 0.497 e. The first-order valence-electron chi connectivity index (χ1n) is 10.5. The topological polar surface area (TPSA) is 99.6 Å². The molecular weight excluding hydrogens is 392 g/mol. The van der Waals surface area contributed by atoms with Gasteiger partial charge in [0, 0.05) is 18.5 Å². The summed E-state index contributed by atoms with van der Waals surface area (Å²) >= 11 is 0. The summed E-state index contributed by atoms with van der Waals surface area (Å²) in [7, 11) is 3.39. The maximum atomic E-state index is 5.99. The van der Waals surface area contributed by atoms with Crippen molar-refractivity contribution in [3.8, 4) is 11.5 Å². The molecule has 2 heterocycles. The molecule has 1 aromatic heterocycles. The lowest BCUT2D eigenvalue weighted by atomic mass is 10.0. The lowest BCUT2D eigenvalue weighted by Crippen LogP contribution is -3.09. The van der Waals surface area contributed by atoms with Crippen molar-refractivity contribution >= 4 is 17.6 Å². The van der Waals surface area contributed by atoms with E-state index in [1.807, 2.05) is 36.4 Å². The van der Waals surface area contributed by atoms with E-state index in [1.54, 1.807) is 14.2 Å². The second-order valence-electron chi connectivity index (χ2n) is 7.81. The van der Waals surface area contributed by atoms with E-state index in [1.165, 1.54) is 10.5 Å². The summed E-state index contributed by atoms with van der Waals surface area (Å²) < 4.78 is 11.1. The van der Waals surface area contributed by atoms with Crippen LogP contribution in [0.2, 0.25) is 0 Å². The number of aromatic nitrogens is 3. The fourth-order valence-corrected chi connectivity index (χ4v) is 4.15. The van der Waals surface area contributed by atoms with E-state index in [4.69, 9.17) is 15.2 Å². The van der Waals surface area contributed by atoms with Crippen LogP contribution in [0.3, 0.4) is 0 Å². The number of nitrogen functional groups attached to an aromatic ring is 1. The molecule has 0 aliphatic carbocycles. The van der Waals surface area contributed by atoms with Crippen molar-refractivity contribution in [1.29, 1.82) is 0 Å². The second kappa shape index (κ2) is 9.18. The number of aryl methyl sites for hydroxylation is 1. The first-order valence-corrected chi connectivity index (χ1v) is 10.5. The molecule has 4 rings (SSSR count). The smallest absolute Gasteiger partial charge is 0.232 e. The van der Waals surface area contributed by atoms with Crippen LogP contribution in [0.25, 0.3) is 0 Å². The molecule has 1 fully saturated rings. The molecule has 1 aliphatic heterocycles. The summed E-state index contributed by atoms with van der Waals surface area (Å²) in [5.41, 5.74) is 9.24. The Morgan fingerprint density at radius 1 is 1.06 bits per heavy atom. The van der Waals surface area contributed by atoms with Gasteiger partial charge >= 0.3 is 0 Å². The summed E-state index contributed by atoms with van der Waals surface area (Å²) in [5, 5.41) is 3.23. The Bertz CT molecular complexity index is 1040. The van der Waals surface area contributed by atoms with Crippen LogP contribution < -0.4 is 25.4 Å². The Kier molecular flexibility index (Phi) is 6.18. The van der Waals surface area contributed by atoms with Crippen LogP contribution in [-0.4, -0.2) is 35.7 Å². The van der Waals surface area contributed by atoms with Gasteiger partial charge in [0.25, 0.3) is 0 Å². The van der Waals surface area contributed by atoms with E-state index in [-0.39, 0.29) is 12.0 Å². The van der Waals surface area contributed by atoms with Crippen LogP contribution >= 0.6 is 0 Å². The summed E-state index contributed by atoms with van der Waals surface area (Å²) in [5.74, 6) is 3.05. The number of rotatable bonds is 7. The van der Waals surface area contributed by atoms with E-state index in [0.717, 1.165) is 42.1 Å². The number of nitrogens with one attached hydrogen (secondary N) is 2. The van der Waals surface area contributed by atoms with Gasteiger partial charge in [0.15, 0.2) is 5.82 Å². The average Bonchev–Trinajstić information content (AvgIpc) is 3.22. The number of nitrogens with zero attached hydrogens (tertiary/aromatic N) is 3. The number of likely N-dealkylation sites (tertiary alicyclic amines) is 1. The monoisotopic (exact) mass is 421 g/mol. The SMILES string of the molecule is COc1ccc(OC)c([C@@H]2CCC[NH+]2Cc2nc(N)nc(Nc3ccc(C)cc3)n2)c1. The first kappa shape index (κ1) is 20.9. The van der Waals surface area contributed by atoms with Crippen molar-refractivity contribution in [2.45, 2.75) is 32.4 Å². The van der Waals surface area contributed by atoms with E-state index < -0.39 is 0 Å². The standard InChI is InChI=1S/C23H28N6O2/c1-15-6-8-16(9-7-15)25-23-27-21(26-22(24)28-23)14-29-12-4-5-19(29)18-13-17(30-2)10-11-20(18)31-3/h6-11,13,19H,4-5,12,14H2,1-3H3,(H3,24,25,26,27,28)/p+1/t19-/m0/s1. The van der Waals surface area contributed by atoms with Crippen molar-refractivity contribution in [2.24, 2.45) is 0 Å². The van der Waals surface area contributed by atoms with Gasteiger partial charge < -0.3 is 25.4 Å². The Hall–Kier alpha value is -3.39. The molecule has 8 nitrogen and oxygen atoms in total. The highest BCUT2D eigenvalue weighted by atomic mass is 16.5. The molecular formula is C23H29N6O2+. The van der Waals surface area contributed by atoms with Crippen LogP contribution in [0, 0.1) is 6.92 Å². The number of anilines is 3. The molecule has 0 bridgehead atoms. The van der Waals surface area contributed by atoms with Crippen molar-refractivity contribution < 1.29 is 14.4 Å². The molecule has 0 radical (unpaired) electrons. The molecule has 1 saturated heterocycles. The molecule has 3 aromatic rings. The number of benzene rings is 2. The minimum absolute atomic E-state index is 0.216. The van der Waals surface area contributed by atoms with Crippen molar-refractivity contribution in [3.63, 3.8) is 0 Å². The van der Waals surface area contributed by atoms with E-state index >= 15 is 0 Å². The van der Waals surface area contributed by atoms with Crippen LogP contribution in [0.5, 0.6) is 11.5 Å². The lowest BCUT2D eigenvalue weighted by Gasteiger charge is -2.23. The molecule has 31 heavy (non-hydrogen) atoms. The Morgan fingerprint density at radius 2 is 1.87 bits per heavy atom. The molecule has 0 amide bonds. The molecule has 0 spiro atoms. The summed E-state index contributed by atoms with van der Waals surface area (Å²) in [6.45, 7) is 3.73. The number of hydrogen-bond donors (Lipinski definition) is 3. The van der Waals surface area contributed by atoms with Gasteiger partial charge in [-0.3, -0.25) is 0 Å². The van der Waals surface area contributed by atoms with Gasteiger partial charge in [0.1, 0.15) is 24.1 Å². The summed E-state index contributed by atoms with van der Waals surface area (Å²) in [4.78, 5) is 14.7. The molecule has 8 heteroatoms. The zero-order valence-electron chi connectivity index (χ0n) is 18.2. The van der Waals surface area contributed by atoms with Crippen molar-refractivity contribution in [2.75, 3.05) is 31.8 Å². The number of ether oxygens (including phenoxy) is 2. The van der Waals surface area contributed by atoms with Crippen LogP contribution in [-0.2, 0) is 6.54 Å². The maximum Gasteiger partial charge on any atom is 0.232 e. The van der Waals surface area contributed by atoms with E-state index in [0.29, 0.717) is 18.3 Å². The maximum absolute atomic E-state index is 5.99. The van der Waals surface area contributed by atoms with Gasteiger partial charge in [0.05, 0.1) is 26.3 Å². The van der Waals surface area contributed by atoms with Gasteiger partial charge in [0.2, 0.25) is 11.9 Å². The molecule has 1 unspecified atom stereocenters. The zero-order valence-corrected chi connectivity index (χ0v) is 18.2. The minimum Gasteiger partial charge on any atom is -0.497 e. The Labute approximate surface area is 182 Å². The number of hydrogen-bond acceptors (Lipinski definition) is 7. The second-order valence-corrected chi connectivity index (χ2v) is 7.81. The van der Waals surface area contributed by atoms with Crippen LogP contribution in [0.1, 0.15) is 35.8 Å². The predicted octanol–water partition coefficient (Wildman–Crippen LogP) is 2.44. The van der Waals surface area contributed by atoms with Gasteiger partial charge in [-0.05, 0) is 37.3 Å². The Morgan fingerprint density at radius 3 is 2.61 bits per heavy atom. The summed E-state index contributed by atoms with van der Waals surface area (Å²) in [6.07, 6.45) is 2.18. The number of quaternary nitrogens is 1. The Balaban J connectivity index is 1.56. The average molecular weight is 422 g/mol. The number of nitrogens with two attached hydrogens (primary N) is 1. The molecule has 0 saturated carbocycles. The minimum atomic E-state index is 0.216. The predicted molar refractivity (Wildman–Crippen MR) is 120 cm³/mol. The van der Waals surface area contributed by atoms with Crippen LogP contribution in [0.15, 0.2) is 42.5 Å². The highest BCUT2D eigenvalue weighted by Crippen LogP contribution is 2.31. The summed E-state index contributed by atoms with van der Waals surface area (Å²) in [6, 6.07) is 14.3. The quantitative estimate of drug-likeness (QED) is 0.539. The molecule has 2 aromatic carbocycles. The molecule has 162 valence electrons. The third kappa shape index (κ3) is 4.86. The third-order valence-electron chi connectivity index (χ3n) is 5.69. The lowest BCUT2D eigenvalue weighted by molar-refractivity contribution is -0.932. The highest BCUT2D eigenvalue weighted by molar-refractivity contribution is 5.54. The molecule has 4 N–H and O–H groups in total. The normalized spacial score (nSPS) is 18.0. The van der Waals surface area contributed by atoms with Crippen LogP contribution in [0.4, 0.5) is 17.6 Å². The number of methoxy groups -OCH3 is 2. The zero-order chi connectivity index (χ0) is 21.8. The van der Waals surface area contributed by atoms with Crippen molar-refractivity contribution in [3.05, 3.63) is 59.4 Å². The fraction of sp³-hybridized carbons (Fsp3) is 0.348. The molecule has 1 aliphatic rings. The van der Waals surface area contributed by atoms with Crippen molar-refractivity contribution in [1.82, 2.24) is 15.0 Å². The van der Waals surface area contributed by atoms with Gasteiger partial charge in [-0.1, -0.05) is 17.7 Å². The van der Waals surface area contributed by atoms with Gasteiger partial charge in [-0.15, -0.1) is 0 Å². The molecule has 2 atom stereocenters. The highest BCUT2D eigenvalue weighted by Gasteiger charge is 2.33.